The van der Waals surface area contributed by atoms with Gasteiger partial charge in [-0.3, -0.25) is 4.55 Å². The summed E-state index contributed by atoms with van der Waals surface area (Å²) in [6.07, 6.45) is 1.36. The van der Waals surface area contributed by atoms with E-state index in [0.717, 1.165) is 7.11 Å². The van der Waals surface area contributed by atoms with Gasteiger partial charge in [0.05, 0.1) is 12.7 Å². The van der Waals surface area contributed by atoms with Crippen molar-refractivity contribution in [1.29, 1.82) is 0 Å². The summed E-state index contributed by atoms with van der Waals surface area (Å²) in [5.74, 6) is -1.55. The first-order valence-electron chi connectivity index (χ1n) is 4.71. The second-order valence-corrected chi connectivity index (χ2v) is 4.75. The summed E-state index contributed by atoms with van der Waals surface area (Å²) in [6, 6.07) is 8.68. The molecule has 0 bridgehead atoms. The van der Waals surface area contributed by atoms with E-state index in [1.807, 2.05) is 0 Å². The maximum absolute atomic E-state index is 11.3. The maximum atomic E-state index is 11.3. The number of hydrogen-bond donors (Lipinski definition) is 1. The Bertz CT molecular complexity index is 522. The van der Waals surface area contributed by atoms with E-state index >= 15 is 0 Å². The average Bonchev–Trinajstić information content (AvgIpc) is 2.27. The van der Waals surface area contributed by atoms with Gasteiger partial charge in [-0.15, -0.1) is 0 Å². The standard InChI is InChI=1S/C11H12O5S.Na.H/c1-16-11(12)10(8-17(13,14)15)7-9-5-3-2-4-6-9;;/h2-7H,8H2,1H3,(H,13,14,15);;. The van der Waals surface area contributed by atoms with Crippen molar-refractivity contribution < 1.29 is 22.5 Å². The monoisotopic (exact) mass is 280 g/mol. The summed E-state index contributed by atoms with van der Waals surface area (Å²) in [5, 5.41) is 0. The van der Waals surface area contributed by atoms with Crippen molar-refractivity contribution in [3.8, 4) is 0 Å². The van der Waals surface area contributed by atoms with Gasteiger partial charge in [-0.2, -0.15) is 8.42 Å². The molecule has 0 fully saturated rings. The number of ether oxygens (including phenoxy) is 1. The van der Waals surface area contributed by atoms with Gasteiger partial charge in [-0.1, -0.05) is 30.3 Å². The van der Waals surface area contributed by atoms with Crippen LogP contribution in [0.25, 0.3) is 6.08 Å². The van der Waals surface area contributed by atoms with E-state index < -0.39 is 21.8 Å². The van der Waals surface area contributed by atoms with Crippen molar-refractivity contribution in [1.82, 2.24) is 0 Å². The summed E-state index contributed by atoms with van der Waals surface area (Å²) in [5.41, 5.74) is 0.526. The third-order valence-electron chi connectivity index (χ3n) is 1.93. The van der Waals surface area contributed by atoms with Gasteiger partial charge in [0, 0.05) is 0 Å². The summed E-state index contributed by atoms with van der Waals surface area (Å²) in [6.45, 7) is 0. The summed E-state index contributed by atoms with van der Waals surface area (Å²) >= 11 is 0. The van der Waals surface area contributed by atoms with Gasteiger partial charge in [0.25, 0.3) is 10.1 Å². The van der Waals surface area contributed by atoms with E-state index in [4.69, 9.17) is 4.55 Å². The van der Waals surface area contributed by atoms with Crippen LogP contribution in [0.5, 0.6) is 0 Å². The molecule has 0 atom stereocenters. The molecule has 0 radical (unpaired) electrons. The molecule has 0 unspecified atom stereocenters. The van der Waals surface area contributed by atoms with Crippen molar-refractivity contribution in [3.05, 3.63) is 41.5 Å². The van der Waals surface area contributed by atoms with Gasteiger partial charge in [-0.05, 0) is 11.6 Å². The van der Waals surface area contributed by atoms with Crippen molar-refractivity contribution in [2.45, 2.75) is 0 Å². The predicted molar refractivity (Wildman–Crippen MR) is 70.0 cm³/mol. The van der Waals surface area contributed by atoms with Gasteiger partial charge in [-0.25, -0.2) is 4.79 Å². The topological polar surface area (TPSA) is 80.7 Å². The summed E-state index contributed by atoms with van der Waals surface area (Å²) in [4.78, 5) is 11.3. The molecule has 1 aromatic rings. The van der Waals surface area contributed by atoms with Gasteiger partial charge < -0.3 is 4.74 Å². The van der Waals surface area contributed by atoms with Crippen LogP contribution < -0.4 is 0 Å². The molecule has 0 aliphatic heterocycles. The van der Waals surface area contributed by atoms with Crippen LogP contribution in [-0.4, -0.2) is 61.4 Å². The fourth-order valence-corrected chi connectivity index (χ4v) is 1.83. The normalized spacial score (nSPS) is 11.6. The number of carbonyl (C=O) groups excluding carboxylic acids is 1. The zero-order valence-corrected chi connectivity index (χ0v) is 9.98. The Kier molecular flexibility index (Phi) is 7.42. The first kappa shape index (κ1) is 17.3. The number of methoxy groups -OCH3 is 1. The fourth-order valence-electron chi connectivity index (χ4n) is 1.24. The van der Waals surface area contributed by atoms with Crippen molar-refractivity contribution in [2.75, 3.05) is 12.9 Å². The van der Waals surface area contributed by atoms with Crippen LogP contribution in [0.2, 0.25) is 0 Å². The number of hydrogen-bond acceptors (Lipinski definition) is 4. The predicted octanol–water partition coefficient (Wildman–Crippen LogP) is 0.482. The quantitative estimate of drug-likeness (QED) is 0.375. The Hall–Kier alpha value is -0.660. The van der Waals surface area contributed by atoms with Crippen molar-refractivity contribution >= 4 is 51.7 Å². The Balaban J connectivity index is 0.00000289. The van der Waals surface area contributed by atoms with E-state index in [9.17, 15) is 13.2 Å². The first-order chi connectivity index (χ1) is 7.92. The van der Waals surface area contributed by atoms with Crippen LogP contribution >= 0.6 is 0 Å². The molecule has 0 spiro atoms. The molecule has 0 aliphatic rings. The van der Waals surface area contributed by atoms with Crippen LogP contribution in [0.1, 0.15) is 5.56 Å². The van der Waals surface area contributed by atoms with E-state index in [1.54, 1.807) is 30.3 Å². The molecular formula is C11H13NaO5S. The SMILES string of the molecule is COC(=O)C(=Cc1ccccc1)CS(=O)(=O)O.[NaH]. The molecular weight excluding hydrogens is 267 g/mol. The molecule has 0 amide bonds. The zero-order valence-electron chi connectivity index (χ0n) is 9.16. The second kappa shape index (κ2) is 7.70. The van der Waals surface area contributed by atoms with Gasteiger partial charge in [0.1, 0.15) is 5.75 Å². The molecule has 1 N–H and O–H groups in total. The molecule has 0 aliphatic carbocycles. The zero-order chi connectivity index (χ0) is 12.9. The van der Waals surface area contributed by atoms with E-state index in [-0.39, 0.29) is 35.1 Å². The molecule has 1 rings (SSSR count). The molecule has 0 heterocycles. The number of benzene rings is 1. The number of rotatable bonds is 4. The summed E-state index contributed by atoms with van der Waals surface area (Å²) in [7, 11) is -3.12. The molecule has 94 valence electrons. The van der Waals surface area contributed by atoms with Gasteiger partial charge in [0.15, 0.2) is 0 Å². The Morgan fingerprint density at radius 1 is 1.33 bits per heavy atom. The fraction of sp³-hybridized carbons (Fsp3) is 0.182. The number of esters is 1. The third kappa shape index (κ3) is 6.32. The van der Waals surface area contributed by atoms with Crippen LogP contribution in [0.4, 0.5) is 0 Å². The molecule has 18 heavy (non-hydrogen) atoms. The van der Waals surface area contributed by atoms with Gasteiger partial charge >= 0.3 is 35.5 Å². The molecule has 7 heteroatoms. The van der Waals surface area contributed by atoms with Crippen molar-refractivity contribution in [3.63, 3.8) is 0 Å². The van der Waals surface area contributed by atoms with E-state index in [1.165, 1.54) is 6.08 Å². The third-order valence-corrected chi connectivity index (χ3v) is 2.60. The second-order valence-electron chi connectivity index (χ2n) is 3.30. The van der Waals surface area contributed by atoms with Crippen LogP contribution in [0.3, 0.4) is 0 Å². The molecule has 0 saturated carbocycles. The van der Waals surface area contributed by atoms with Crippen LogP contribution in [0, 0.1) is 0 Å². The first-order valence-corrected chi connectivity index (χ1v) is 6.32. The van der Waals surface area contributed by atoms with Crippen molar-refractivity contribution in [2.24, 2.45) is 0 Å². The van der Waals surface area contributed by atoms with Gasteiger partial charge in [0.2, 0.25) is 0 Å². The minimum absolute atomic E-state index is 0. The van der Waals surface area contributed by atoms with Crippen LogP contribution in [0.15, 0.2) is 35.9 Å². The Morgan fingerprint density at radius 3 is 2.33 bits per heavy atom. The minimum atomic E-state index is -4.27. The number of carbonyl (C=O) groups is 1. The van der Waals surface area contributed by atoms with Crippen LogP contribution in [-0.2, 0) is 19.6 Å². The Labute approximate surface area is 128 Å². The Morgan fingerprint density at radius 2 is 1.89 bits per heavy atom. The molecule has 0 saturated heterocycles. The molecule has 0 aromatic heterocycles. The average molecular weight is 280 g/mol. The van der Waals surface area contributed by atoms with E-state index in [0.29, 0.717) is 5.56 Å². The summed E-state index contributed by atoms with van der Waals surface area (Å²) < 4.78 is 34.7. The molecule has 1 aromatic carbocycles. The molecule has 5 nitrogen and oxygen atoms in total. The van der Waals surface area contributed by atoms with E-state index in [2.05, 4.69) is 4.74 Å².